The van der Waals surface area contributed by atoms with Gasteiger partial charge in [0.05, 0.1) is 22.9 Å². The minimum Gasteiger partial charge on any atom is -0.443 e. The summed E-state index contributed by atoms with van der Waals surface area (Å²) in [5, 5.41) is 8.05. The van der Waals surface area contributed by atoms with Gasteiger partial charge < -0.3 is 25.0 Å². The molecule has 0 radical (unpaired) electrons. The van der Waals surface area contributed by atoms with Crippen LogP contribution in [0.15, 0.2) is 74.1 Å². The molecule has 2 aliphatic heterocycles. The Labute approximate surface area is 420 Å². The first-order valence-electron chi connectivity index (χ1n) is 25.6. The van der Waals surface area contributed by atoms with Gasteiger partial charge in [0.25, 0.3) is 0 Å². The lowest BCUT2D eigenvalue weighted by atomic mass is 9.72. The highest BCUT2D eigenvalue weighted by atomic mass is 16.6. The molecular weight excluding hydrogens is 897 g/mol. The maximum Gasteiger partial charge on any atom is 0.419 e. The number of ether oxygens (including phenoxy) is 2. The Bertz CT molecular complexity index is 2630. The summed E-state index contributed by atoms with van der Waals surface area (Å²) in [6, 6.07) is 12.4. The predicted molar refractivity (Wildman–Crippen MR) is 280 cm³/mol. The molecule has 4 aromatic rings. The highest BCUT2D eigenvalue weighted by Crippen LogP contribution is 2.47. The van der Waals surface area contributed by atoms with Gasteiger partial charge in [0.1, 0.15) is 11.2 Å². The van der Waals surface area contributed by atoms with Crippen molar-refractivity contribution in [2.75, 3.05) is 66.5 Å². The summed E-state index contributed by atoms with van der Waals surface area (Å²) in [5.41, 5.74) is 5.22. The van der Waals surface area contributed by atoms with Gasteiger partial charge in [-0.15, -0.1) is 13.2 Å². The molecule has 8 rings (SSSR count). The summed E-state index contributed by atoms with van der Waals surface area (Å²) in [4.78, 5) is 73.8. The van der Waals surface area contributed by atoms with E-state index >= 15 is 0 Å². The number of urea groups is 1. The van der Waals surface area contributed by atoms with Crippen LogP contribution in [0, 0.1) is 11.8 Å². The van der Waals surface area contributed by atoms with Gasteiger partial charge >= 0.3 is 18.2 Å². The molecule has 2 N–H and O–H groups in total. The van der Waals surface area contributed by atoms with Crippen LogP contribution in [0.5, 0.6) is 0 Å². The van der Waals surface area contributed by atoms with Gasteiger partial charge in [-0.05, 0) is 143 Å². The number of imide groups is 1. The van der Waals surface area contributed by atoms with Crippen molar-refractivity contribution in [1.29, 1.82) is 0 Å². The number of hydrogen-bond donors (Lipinski definition) is 2. The SMILES string of the molecule is C=CCN1C[C@H](C(=O)N(CCCN(C)C)C(=O)NCC)C[C@@H]2c3cccc4c3c(cn4C(=O)OC(C)(C)C)C[C@H]21.C=CCN1C[C@H](C(=O)NCC)C[C@@H]2c3cccc4c3c(cn4C(=O)OC(C)(C)C)C[C@H]21. The molecule has 4 heterocycles. The largest absolute Gasteiger partial charge is 0.443 e. The second kappa shape index (κ2) is 21.9. The fraction of sp³-hybridized carbons (Fsp3) is 0.554. The van der Waals surface area contributed by atoms with E-state index in [0.717, 1.165) is 71.8 Å². The van der Waals surface area contributed by atoms with Crippen LogP contribution in [0.25, 0.3) is 21.8 Å². The maximum absolute atomic E-state index is 14.0. The molecule has 2 aromatic carbocycles. The number of amides is 4. The van der Waals surface area contributed by atoms with Crippen LogP contribution in [0.4, 0.5) is 14.4 Å². The average Bonchev–Trinajstić information content (AvgIpc) is 3.87. The summed E-state index contributed by atoms with van der Waals surface area (Å²) in [7, 11) is 3.97. The number of fused-ring (bicyclic) bond motifs is 4. The van der Waals surface area contributed by atoms with Crippen LogP contribution >= 0.6 is 0 Å². The Morgan fingerprint density at radius 1 is 0.690 bits per heavy atom. The van der Waals surface area contributed by atoms with E-state index in [0.29, 0.717) is 45.6 Å². The summed E-state index contributed by atoms with van der Waals surface area (Å²) in [6.45, 7) is 27.9. The first kappa shape index (κ1) is 53.0. The normalized spacial score (nSPS) is 21.8. The van der Waals surface area contributed by atoms with Gasteiger partial charge in [0.2, 0.25) is 11.8 Å². The summed E-state index contributed by atoms with van der Waals surface area (Å²) < 4.78 is 14.6. The fourth-order valence-corrected chi connectivity index (χ4v) is 11.5. The second-order valence-corrected chi connectivity index (χ2v) is 22.0. The fourth-order valence-electron chi connectivity index (χ4n) is 11.5. The zero-order valence-corrected chi connectivity index (χ0v) is 43.9. The van der Waals surface area contributed by atoms with Crippen LogP contribution in [-0.2, 0) is 31.9 Å². The Morgan fingerprint density at radius 2 is 1.15 bits per heavy atom. The Kier molecular flexibility index (Phi) is 16.4. The van der Waals surface area contributed by atoms with Gasteiger partial charge in [-0.1, -0.05) is 36.4 Å². The number of nitrogens with zero attached hydrogens (tertiary/aromatic N) is 6. The number of piperidine rings is 2. The molecular formula is C56H78N8O7. The molecule has 2 aromatic heterocycles. The van der Waals surface area contributed by atoms with E-state index in [4.69, 9.17) is 9.47 Å². The van der Waals surface area contributed by atoms with Crippen molar-refractivity contribution in [3.8, 4) is 0 Å². The molecule has 4 aliphatic rings. The quantitative estimate of drug-likeness (QED) is 0.132. The van der Waals surface area contributed by atoms with Crippen molar-refractivity contribution in [1.82, 2.24) is 39.4 Å². The lowest BCUT2D eigenvalue weighted by Crippen LogP contribution is -2.55. The zero-order chi connectivity index (χ0) is 51.5. The summed E-state index contributed by atoms with van der Waals surface area (Å²) in [5.74, 6) is -0.0437. The number of carbonyl (C=O) groups excluding carboxylic acids is 5. The molecule has 0 spiro atoms. The van der Waals surface area contributed by atoms with Crippen LogP contribution in [0.1, 0.15) is 109 Å². The van der Waals surface area contributed by atoms with Crippen LogP contribution in [0.3, 0.4) is 0 Å². The molecule has 2 saturated heterocycles. The highest BCUT2D eigenvalue weighted by molar-refractivity contribution is 5.98. The molecule has 15 heteroatoms. The third-order valence-corrected chi connectivity index (χ3v) is 14.2. The van der Waals surface area contributed by atoms with Crippen LogP contribution < -0.4 is 10.6 Å². The van der Waals surface area contributed by atoms with Crippen molar-refractivity contribution in [3.63, 3.8) is 0 Å². The van der Waals surface area contributed by atoms with Crippen molar-refractivity contribution in [2.45, 2.75) is 123 Å². The Hall–Kier alpha value is -5.77. The molecule has 6 atom stereocenters. The molecule has 2 fully saturated rings. The van der Waals surface area contributed by atoms with Crippen molar-refractivity contribution in [3.05, 3.63) is 96.4 Å². The van der Waals surface area contributed by atoms with Gasteiger partial charge in [0.15, 0.2) is 0 Å². The molecule has 2 aliphatic carbocycles. The number of benzene rings is 2. The topological polar surface area (TPSA) is 151 Å². The summed E-state index contributed by atoms with van der Waals surface area (Å²) in [6.07, 6.45) is 10.7. The molecule has 0 saturated carbocycles. The van der Waals surface area contributed by atoms with Crippen LogP contribution in [-0.4, -0.2) is 149 Å². The van der Waals surface area contributed by atoms with Crippen molar-refractivity contribution < 1.29 is 33.4 Å². The number of hydrogen-bond acceptors (Lipinski definition) is 10. The van der Waals surface area contributed by atoms with Gasteiger partial charge in [-0.3, -0.25) is 33.4 Å². The Balaban J connectivity index is 0.000000215. The molecule has 15 nitrogen and oxygen atoms in total. The van der Waals surface area contributed by atoms with E-state index in [1.165, 1.54) is 16.0 Å². The third kappa shape index (κ3) is 11.6. The first-order valence-corrected chi connectivity index (χ1v) is 25.6. The van der Waals surface area contributed by atoms with E-state index in [1.807, 2.05) is 118 Å². The monoisotopic (exact) mass is 975 g/mol. The second-order valence-electron chi connectivity index (χ2n) is 22.0. The van der Waals surface area contributed by atoms with Crippen molar-refractivity contribution in [2.24, 2.45) is 11.8 Å². The Morgan fingerprint density at radius 3 is 1.59 bits per heavy atom. The smallest absolute Gasteiger partial charge is 0.419 e. The lowest BCUT2D eigenvalue weighted by Gasteiger charge is -2.47. The average molecular weight is 975 g/mol. The predicted octanol–water partition coefficient (Wildman–Crippen LogP) is 8.53. The standard InChI is InChI=1S/C31H45N5O4.C25H33N3O3/c1-8-14-34-19-22(28(37)35(29(38)32-9-2)16-11-15-33(6)7)17-24-23-12-10-13-25-27(23)21(18-26(24)34)20-36(25)30(39)40-31(3,4)5;1-6-11-27-14-17(23(29)26-7-2)12-19-18-9-8-10-20-22(18)16(13-21(19)27)15-28(20)24(30)31-25(3,4)5/h8,10,12-13,20,22,24,26H,1,9,11,14-19H2,2-7H3,(H,32,38);6,8-10,15,17,19,21H,1,7,11-14H2,2-5H3,(H,26,29)/t22-,24-,26-;17-,19-,21-/m11/s1. The summed E-state index contributed by atoms with van der Waals surface area (Å²) >= 11 is 0. The number of rotatable bonds is 12. The molecule has 4 amide bonds. The molecule has 0 bridgehead atoms. The minimum atomic E-state index is -0.601. The van der Waals surface area contributed by atoms with Gasteiger partial charge in [0, 0.05) is 92.9 Å². The number of carbonyl (C=O) groups is 5. The third-order valence-electron chi connectivity index (χ3n) is 14.2. The number of nitrogens with one attached hydrogen (secondary N) is 2. The number of aromatic nitrogens is 2. The van der Waals surface area contributed by atoms with Crippen molar-refractivity contribution >= 4 is 51.8 Å². The molecule has 71 heavy (non-hydrogen) atoms. The molecule has 384 valence electrons. The van der Waals surface area contributed by atoms with E-state index < -0.39 is 17.3 Å². The van der Waals surface area contributed by atoms with Gasteiger partial charge in [-0.2, -0.15) is 0 Å². The zero-order valence-electron chi connectivity index (χ0n) is 43.9. The lowest BCUT2D eigenvalue weighted by molar-refractivity contribution is -0.135. The first-order chi connectivity index (χ1) is 33.7. The molecule has 0 unspecified atom stereocenters. The van der Waals surface area contributed by atoms with Gasteiger partial charge in [-0.25, -0.2) is 14.4 Å². The van der Waals surface area contributed by atoms with E-state index in [-0.39, 0.29) is 59.7 Å². The van der Waals surface area contributed by atoms with E-state index in [1.54, 1.807) is 9.13 Å². The minimum absolute atomic E-state index is 0.0501. The van der Waals surface area contributed by atoms with Crippen LogP contribution in [0.2, 0.25) is 0 Å². The van der Waals surface area contributed by atoms with E-state index in [9.17, 15) is 24.0 Å². The van der Waals surface area contributed by atoms with E-state index in [2.05, 4.69) is 50.6 Å². The number of likely N-dealkylation sites (tertiary alicyclic amines) is 2. The highest BCUT2D eigenvalue weighted by Gasteiger charge is 2.46. The maximum atomic E-state index is 14.0.